The van der Waals surface area contributed by atoms with Crippen LogP contribution in [0.1, 0.15) is 28.7 Å². The lowest BCUT2D eigenvalue weighted by atomic mass is 10.2. The van der Waals surface area contributed by atoms with E-state index in [2.05, 4.69) is 10.3 Å². The lowest BCUT2D eigenvalue weighted by Crippen LogP contribution is -2.23. The van der Waals surface area contributed by atoms with E-state index >= 15 is 0 Å². The van der Waals surface area contributed by atoms with Crippen molar-refractivity contribution in [2.45, 2.75) is 27.3 Å². The van der Waals surface area contributed by atoms with Gasteiger partial charge < -0.3 is 14.6 Å². The molecular formula is C17H19N3O4. The van der Waals surface area contributed by atoms with E-state index in [4.69, 9.17) is 4.74 Å². The SMILES string of the molecule is CCOC(=O)c1ccnc(NC(=O)Cn2c(C)cc(=O)cc2C)c1. The zero-order valence-corrected chi connectivity index (χ0v) is 13.8. The van der Waals surface area contributed by atoms with Crippen molar-refractivity contribution in [2.24, 2.45) is 0 Å². The zero-order chi connectivity index (χ0) is 17.7. The summed E-state index contributed by atoms with van der Waals surface area (Å²) in [6, 6.07) is 5.92. The third kappa shape index (κ3) is 4.28. The minimum Gasteiger partial charge on any atom is -0.462 e. The maximum atomic E-state index is 12.2. The van der Waals surface area contributed by atoms with Gasteiger partial charge in [-0.1, -0.05) is 0 Å². The van der Waals surface area contributed by atoms with Crippen LogP contribution in [0.5, 0.6) is 0 Å². The molecule has 0 saturated heterocycles. The summed E-state index contributed by atoms with van der Waals surface area (Å²) in [7, 11) is 0. The maximum absolute atomic E-state index is 12.2. The van der Waals surface area contributed by atoms with Crippen LogP contribution in [0.25, 0.3) is 0 Å². The number of anilines is 1. The quantitative estimate of drug-likeness (QED) is 0.843. The first-order valence-corrected chi connectivity index (χ1v) is 7.52. The van der Waals surface area contributed by atoms with Crippen molar-refractivity contribution in [2.75, 3.05) is 11.9 Å². The molecule has 0 aliphatic heterocycles. The Morgan fingerprint density at radius 3 is 2.50 bits per heavy atom. The van der Waals surface area contributed by atoms with Crippen molar-refractivity contribution in [3.8, 4) is 0 Å². The second kappa shape index (κ2) is 7.54. The highest BCUT2D eigenvalue weighted by atomic mass is 16.5. The molecule has 2 heterocycles. The van der Waals surface area contributed by atoms with Gasteiger partial charge in [-0.25, -0.2) is 9.78 Å². The van der Waals surface area contributed by atoms with Crippen LogP contribution in [0.4, 0.5) is 5.82 Å². The highest BCUT2D eigenvalue weighted by molar-refractivity contribution is 5.93. The Kier molecular flexibility index (Phi) is 5.47. The average Bonchev–Trinajstić information content (AvgIpc) is 2.51. The van der Waals surface area contributed by atoms with E-state index < -0.39 is 5.97 Å². The molecule has 24 heavy (non-hydrogen) atoms. The Morgan fingerprint density at radius 2 is 1.88 bits per heavy atom. The van der Waals surface area contributed by atoms with Gasteiger partial charge in [-0.3, -0.25) is 9.59 Å². The number of carbonyl (C=O) groups excluding carboxylic acids is 2. The number of nitrogens with zero attached hydrogens (tertiary/aromatic N) is 2. The van der Waals surface area contributed by atoms with E-state index in [9.17, 15) is 14.4 Å². The van der Waals surface area contributed by atoms with Crippen LogP contribution >= 0.6 is 0 Å². The molecule has 2 aromatic heterocycles. The van der Waals surface area contributed by atoms with Crippen molar-refractivity contribution in [1.29, 1.82) is 0 Å². The number of ether oxygens (including phenoxy) is 1. The largest absolute Gasteiger partial charge is 0.462 e. The molecule has 1 N–H and O–H groups in total. The van der Waals surface area contributed by atoms with Crippen LogP contribution in [0.2, 0.25) is 0 Å². The van der Waals surface area contributed by atoms with Gasteiger partial charge in [0.15, 0.2) is 5.43 Å². The number of rotatable bonds is 5. The van der Waals surface area contributed by atoms with Crippen molar-refractivity contribution in [3.05, 3.63) is 57.6 Å². The van der Waals surface area contributed by atoms with Crippen LogP contribution in [-0.4, -0.2) is 28.0 Å². The first kappa shape index (κ1) is 17.4. The predicted octanol–water partition coefficient (Wildman–Crippen LogP) is 1.68. The molecule has 7 nitrogen and oxygen atoms in total. The lowest BCUT2D eigenvalue weighted by Gasteiger charge is -2.14. The minimum absolute atomic E-state index is 0.0449. The number of aromatic nitrogens is 2. The summed E-state index contributed by atoms with van der Waals surface area (Å²) in [6.07, 6.45) is 1.43. The van der Waals surface area contributed by atoms with Gasteiger partial charge in [-0.2, -0.15) is 0 Å². The lowest BCUT2D eigenvalue weighted by molar-refractivity contribution is -0.116. The number of nitrogens with one attached hydrogen (secondary N) is 1. The molecule has 0 aliphatic carbocycles. The van der Waals surface area contributed by atoms with Crippen LogP contribution in [0, 0.1) is 13.8 Å². The Labute approximate surface area is 139 Å². The molecule has 2 rings (SSSR count). The number of pyridine rings is 2. The Balaban J connectivity index is 2.12. The molecule has 126 valence electrons. The highest BCUT2D eigenvalue weighted by Gasteiger charge is 2.11. The molecule has 7 heteroatoms. The summed E-state index contributed by atoms with van der Waals surface area (Å²) >= 11 is 0. The molecule has 0 unspecified atom stereocenters. The predicted molar refractivity (Wildman–Crippen MR) is 89.0 cm³/mol. The summed E-state index contributed by atoms with van der Waals surface area (Å²) in [5.74, 6) is -0.511. The molecule has 0 bridgehead atoms. The second-order valence-corrected chi connectivity index (χ2v) is 5.26. The van der Waals surface area contributed by atoms with Crippen molar-refractivity contribution < 1.29 is 14.3 Å². The van der Waals surface area contributed by atoms with E-state index in [1.165, 1.54) is 30.5 Å². The minimum atomic E-state index is -0.470. The molecule has 0 fully saturated rings. The fourth-order valence-electron chi connectivity index (χ4n) is 2.30. The van der Waals surface area contributed by atoms with Crippen LogP contribution in [0.3, 0.4) is 0 Å². The highest BCUT2D eigenvalue weighted by Crippen LogP contribution is 2.09. The summed E-state index contributed by atoms with van der Waals surface area (Å²) in [5, 5.41) is 2.64. The molecule has 2 aromatic rings. The van der Waals surface area contributed by atoms with Gasteiger partial charge in [0.1, 0.15) is 12.4 Å². The molecule has 0 aromatic carbocycles. The summed E-state index contributed by atoms with van der Waals surface area (Å²) in [6.45, 7) is 5.57. The van der Waals surface area contributed by atoms with Crippen LogP contribution in [0.15, 0.2) is 35.3 Å². The summed E-state index contributed by atoms with van der Waals surface area (Å²) < 4.78 is 6.64. The first-order chi connectivity index (χ1) is 11.4. The number of carbonyl (C=O) groups is 2. The van der Waals surface area contributed by atoms with Crippen molar-refractivity contribution in [1.82, 2.24) is 9.55 Å². The molecule has 0 atom stereocenters. The van der Waals surface area contributed by atoms with Gasteiger partial charge in [-0.05, 0) is 32.9 Å². The molecule has 1 amide bonds. The van der Waals surface area contributed by atoms with E-state index in [-0.39, 0.29) is 30.3 Å². The molecule has 0 saturated carbocycles. The number of hydrogen-bond donors (Lipinski definition) is 1. The van der Waals surface area contributed by atoms with Crippen LogP contribution in [-0.2, 0) is 16.1 Å². The third-order valence-electron chi connectivity index (χ3n) is 3.39. The van der Waals surface area contributed by atoms with Gasteiger partial charge in [0.2, 0.25) is 5.91 Å². The van der Waals surface area contributed by atoms with E-state index in [0.717, 1.165) is 0 Å². The fraction of sp³-hybridized carbons (Fsp3) is 0.294. The van der Waals surface area contributed by atoms with Gasteiger partial charge >= 0.3 is 5.97 Å². The fourth-order valence-corrected chi connectivity index (χ4v) is 2.30. The molecule has 0 aliphatic rings. The third-order valence-corrected chi connectivity index (χ3v) is 3.39. The molecule has 0 radical (unpaired) electrons. The van der Waals surface area contributed by atoms with Crippen molar-refractivity contribution >= 4 is 17.7 Å². The Morgan fingerprint density at radius 1 is 1.21 bits per heavy atom. The monoisotopic (exact) mass is 329 g/mol. The Hall–Kier alpha value is -2.96. The normalized spacial score (nSPS) is 10.3. The number of aryl methyl sites for hydroxylation is 2. The summed E-state index contributed by atoms with van der Waals surface area (Å²) in [4.78, 5) is 39.4. The smallest absolute Gasteiger partial charge is 0.338 e. The van der Waals surface area contributed by atoms with Gasteiger partial charge in [0, 0.05) is 29.7 Å². The molecular weight excluding hydrogens is 310 g/mol. The second-order valence-electron chi connectivity index (χ2n) is 5.26. The number of hydrogen-bond acceptors (Lipinski definition) is 5. The standard InChI is InChI=1S/C17H19N3O4/c1-4-24-17(23)13-5-6-18-15(9-13)19-16(22)10-20-11(2)7-14(21)8-12(20)3/h5-9H,4,10H2,1-3H3,(H,18,19,22). The first-order valence-electron chi connectivity index (χ1n) is 7.52. The van der Waals surface area contributed by atoms with E-state index in [1.54, 1.807) is 25.3 Å². The van der Waals surface area contributed by atoms with E-state index in [1.807, 2.05) is 0 Å². The topological polar surface area (TPSA) is 90.3 Å². The zero-order valence-electron chi connectivity index (χ0n) is 13.8. The van der Waals surface area contributed by atoms with Gasteiger partial charge in [0.05, 0.1) is 12.2 Å². The number of amides is 1. The van der Waals surface area contributed by atoms with Crippen LogP contribution < -0.4 is 10.7 Å². The average molecular weight is 329 g/mol. The van der Waals surface area contributed by atoms with Gasteiger partial charge in [0.25, 0.3) is 0 Å². The summed E-state index contributed by atoms with van der Waals surface area (Å²) in [5.41, 5.74) is 1.62. The van der Waals surface area contributed by atoms with Crippen molar-refractivity contribution in [3.63, 3.8) is 0 Å². The van der Waals surface area contributed by atoms with Gasteiger partial charge in [-0.15, -0.1) is 0 Å². The maximum Gasteiger partial charge on any atom is 0.338 e. The number of esters is 1. The molecule has 0 spiro atoms. The van der Waals surface area contributed by atoms with E-state index in [0.29, 0.717) is 17.0 Å². The Bertz CT molecular complexity index is 801.